The van der Waals surface area contributed by atoms with Crippen LogP contribution in [-0.4, -0.2) is 37.6 Å². The molecule has 2 nitrogen and oxygen atoms in total. The van der Waals surface area contributed by atoms with Gasteiger partial charge in [0.25, 0.3) is 0 Å². The van der Waals surface area contributed by atoms with Crippen molar-refractivity contribution < 1.29 is 0 Å². The zero-order chi connectivity index (χ0) is 12.0. The molecule has 1 heterocycles. The van der Waals surface area contributed by atoms with Crippen LogP contribution in [-0.2, 0) is 0 Å². The Labute approximate surface area is 102 Å². The van der Waals surface area contributed by atoms with Gasteiger partial charge in [-0.3, -0.25) is 0 Å². The average molecular weight is 226 g/mol. The minimum absolute atomic E-state index is 0.470. The van der Waals surface area contributed by atoms with Crippen molar-refractivity contribution in [3.05, 3.63) is 0 Å². The summed E-state index contributed by atoms with van der Waals surface area (Å²) in [6.07, 6.45) is 4.08. The average Bonchev–Trinajstić information content (AvgIpc) is 2.24. The molecule has 0 saturated carbocycles. The van der Waals surface area contributed by atoms with Gasteiger partial charge in [-0.1, -0.05) is 27.7 Å². The Kier molecular flexibility index (Phi) is 5.77. The van der Waals surface area contributed by atoms with Crippen LogP contribution in [0, 0.1) is 11.3 Å². The third-order valence-electron chi connectivity index (χ3n) is 3.54. The summed E-state index contributed by atoms with van der Waals surface area (Å²) >= 11 is 0. The van der Waals surface area contributed by atoms with E-state index in [0.717, 1.165) is 5.92 Å². The molecule has 0 radical (unpaired) electrons. The highest BCUT2D eigenvalue weighted by Gasteiger charge is 2.18. The topological polar surface area (TPSA) is 15.3 Å². The predicted octanol–water partition coefficient (Wildman–Crippen LogP) is 2.74. The number of hydrogen-bond acceptors (Lipinski definition) is 2. The maximum absolute atomic E-state index is 3.51. The second-order valence-electron chi connectivity index (χ2n) is 6.42. The molecule has 0 aromatic rings. The quantitative estimate of drug-likeness (QED) is 0.775. The second kappa shape index (κ2) is 6.61. The van der Waals surface area contributed by atoms with Gasteiger partial charge in [0.2, 0.25) is 0 Å². The molecule has 1 aliphatic heterocycles. The molecule has 1 aliphatic rings. The fraction of sp³-hybridized carbons (Fsp3) is 1.00. The van der Waals surface area contributed by atoms with Crippen LogP contribution in [0.4, 0.5) is 0 Å². The molecule has 0 aromatic heterocycles. The van der Waals surface area contributed by atoms with E-state index in [4.69, 9.17) is 0 Å². The molecule has 16 heavy (non-hydrogen) atoms. The maximum Gasteiger partial charge on any atom is 0.00217 e. The molecule has 0 aliphatic carbocycles. The summed E-state index contributed by atoms with van der Waals surface area (Å²) in [6, 6.07) is 0. The molecule has 1 unspecified atom stereocenters. The van der Waals surface area contributed by atoms with E-state index in [1.165, 1.54) is 52.0 Å². The van der Waals surface area contributed by atoms with E-state index in [9.17, 15) is 0 Å². The van der Waals surface area contributed by atoms with Gasteiger partial charge >= 0.3 is 0 Å². The fourth-order valence-corrected chi connectivity index (χ4v) is 2.32. The van der Waals surface area contributed by atoms with Gasteiger partial charge in [-0.15, -0.1) is 0 Å². The van der Waals surface area contributed by atoms with Crippen molar-refractivity contribution in [3.63, 3.8) is 0 Å². The molecule has 1 atom stereocenters. The first-order valence-corrected chi connectivity index (χ1v) is 6.94. The summed E-state index contributed by atoms with van der Waals surface area (Å²) in [5.74, 6) is 0.883. The molecule has 1 saturated heterocycles. The highest BCUT2D eigenvalue weighted by Crippen LogP contribution is 2.19. The van der Waals surface area contributed by atoms with Crippen LogP contribution >= 0.6 is 0 Å². The minimum atomic E-state index is 0.470. The van der Waals surface area contributed by atoms with Crippen LogP contribution in [0.15, 0.2) is 0 Å². The van der Waals surface area contributed by atoms with Gasteiger partial charge in [0.15, 0.2) is 0 Å². The van der Waals surface area contributed by atoms with Crippen LogP contribution in [0.2, 0.25) is 0 Å². The van der Waals surface area contributed by atoms with Crippen LogP contribution in [0.1, 0.15) is 47.0 Å². The van der Waals surface area contributed by atoms with Crippen LogP contribution in [0.25, 0.3) is 0 Å². The zero-order valence-corrected chi connectivity index (χ0v) is 11.7. The summed E-state index contributed by atoms with van der Waals surface area (Å²) in [4.78, 5) is 2.63. The number of piperidine rings is 1. The van der Waals surface area contributed by atoms with Gasteiger partial charge < -0.3 is 10.2 Å². The van der Waals surface area contributed by atoms with Gasteiger partial charge in [-0.25, -0.2) is 0 Å². The third kappa shape index (κ3) is 5.86. The Morgan fingerprint density at radius 2 is 2.06 bits per heavy atom. The standard InChI is InChI=1S/C14H30N2/c1-5-16(10-8-14(2,3)4)12-13-7-6-9-15-11-13/h13,15H,5-12H2,1-4H3. The van der Waals surface area contributed by atoms with E-state index in [1.807, 2.05) is 0 Å². The van der Waals surface area contributed by atoms with Crippen molar-refractivity contribution in [2.45, 2.75) is 47.0 Å². The summed E-state index contributed by atoms with van der Waals surface area (Å²) < 4.78 is 0. The maximum atomic E-state index is 3.51. The lowest BCUT2D eigenvalue weighted by atomic mass is 9.91. The van der Waals surface area contributed by atoms with E-state index >= 15 is 0 Å². The zero-order valence-electron chi connectivity index (χ0n) is 11.7. The molecule has 2 heteroatoms. The monoisotopic (exact) mass is 226 g/mol. The Balaban J connectivity index is 2.25. The Morgan fingerprint density at radius 1 is 1.31 bits per heavy atom. The summed E-state index contributed by atoms with van der Waals surface area (Å²) in [6.45, 7) is 15.5. The largest absolute Gasteiger partial charge is 0.316 e. The highest BCUT2D eigenvalue weighted by atomic mass is 15.1. The van der Waals surface area contributed by atoms with E-state index in [2.05, 4.69) is 37.9 Å². The summed E-state index contributed by atoms with van der Waals surface area (Å²) in [5.41, 5.74) is 0.470. The van der Waals surface area contributed by atoms with Crippen LogP contribution in [0.3, 0.4) is 0 Å². The van der Waals surface area contributed by atoms with E-state index < -0.39 is 0 Å². The third-order valence-corrected chi connectivity index (χ3v) is 3.54. The molecule has 1 rings (SSSR count). The predicted molar refractivity (Wildman–Crippen MR) is 71.8 cm³/mol. The number of nitrogens with zero attached hydrogens (tertiary/aromatic N) is 1. The Hall–Kier alpha value is -0.0800. The molecule has 0 amide bonds. The van der Waals surface area contributed by atoms with Crippen molar-refractivity contribution >= 4 is 0 Å². The van der Waals surface area contributed by atoms with Gasteiger partial charge in [-0.05, 0) is 56.8 Å². The van der Waals surface area contributed by atoms with Crippen molar-refractivity contribution in [1.29, 1.82) is 0 Å². The lowest BCUT2D eigenvalue weighted by molar-refractivity contribution is 0.191. The van der Waals surface area contributed by atoms with Crippen molar-refractivity contribution in [1.82, 2.24) is 10.2 Å². The van der Waals surface area contributed by atoms with Crippen molar-refractivity contribution in [3.8, 4) is 0 Å². The van der Waals surface area contributed by atoms with Gasteiger partial charge in [0.05, 0.1) is 0 Å². The second-order valence-corrected chi connectivity index (χ2v) is 6.42. The number of nitrogens with one attached hydrogen (secondary N) is 1. The first-order chi connectivity index (χ1) is 7.51. The molecule has 1 N–H and O–H groups in total. The number of rotatable bonds is 5. The fourth-order valence-electron chi connectivity index (χ4n) is 2.32. The molecule has 96 valence electrons. The molecular formula is C14H30N2. The first kappa shape index (κ1) is 14.0. The molecule has 0 spiro atoms. The Bertz CT molecular complexity index is 178. The lowest BCUT2D eigenvalue weighted by Crippen LogP contribution is -2.39. The minimum Gasteiger partial charge on any atom is -0.316 e. The van der Waals surface area contributed by atoms with Crippen LogP contribution in [0.5, 0.6) is 0 Å². The molecular weight excluding hydrogens is 196 g/mol. The summed E-state index contributed by atoms with van der Waals surface area (Å²) in [5, 5.41) is 3.51. The van der Waals surface area contributed by atoms with Gasteiger partial charge in [0, 0.05) is 6.54 Å². The van der Waals surface area contributed by atoms with Gasteiger partial charge in [0.1, 0.15) is 0 Å². The molecule has 0 aromatic carbocycles. The lowest BCUT2D eigenvalue weighted by Gasteiger charge is -2.31. The van der Waals surface area contributed by atoms with Crippen molar-refractivity contribution in [2.75, 3.05) is 32.7 Å². The molecule has 0 bridgehead atoms. The Morgan fingerprint density at radius 3 is 2.56 bits per heavy atom. The van der Waals surface area contributed by atoms with Crippen molar-refractivity contribution in [2.24, 2.45) is 11.3 Å². The van der Waals surface area contributed by atoms with E-state index in [-0.39, 0.29) is 0 Å². The van der Waals surface area contributed by atoms with E-state index in [1.54, 1.807) is 0 Å². The van der Waals surface area contributed by atoms with Gasteiger partial charge in [-0.2, -0.15) is 0 Å². The van der Waals surface area contributed by atoms with E-state index in [0.29, 0.717) is 5.41 Å². The molecule has 1 fully saturated rings. The summed E-state index contributed by atoms with van der Waals surface area (Å²) in [7, 11) is 0. The SMILES string of the molecule is CCN(CCC(C)(C)C)CC1CCCNC1. The first-order valence-electron chi connectivity index (χ1n) is 6.94. The highest BCUT2D eigenvalue weighted by molar-refractivity contribution is 4.74. The number of hydrogen-bond donors (Lipinski definition) is 1. The normalized spacial score (nSPS) is 22.7. The van der Waals surface area contributed by atoms with Crippen LogP contribution < -0.4 is 5.32 Å². The smallest absolute Gasteiger partial charge is 0.00217 e.